The molecule has 0 rings (SSSR count). The molecule has 0 heterocycles. The van der Waals surface area contributed by atoms with Crippen LogP contribution in [0.3, 0.4) is 0 Å². The summed E-state index contributed by atoms with van der Waals surface area (Å²) >= 11 is 1.16. The number of carbonyl (C=O) groups excluding carboxylic acids is 1. The van der Waals surface area contributed by atoms with E-state index in [0.717, 1.165) is 11.8 Å². The van der Waals surface area contributed by atoms with Gasteiger partial charge in [0, 0.05) is 5.75 Å². The minimum atomic E-state index is -1.07. The Morgan fingerprint density at radius 1 is 1.64 bits per heavy atom. The van der Waals surface area contributed by atoms with Gasteiger partial charge in [0.25, 0.3) is 0 Å². The molecular weight excluding hydrogens is 204 g/mol. The molecule has 14 heavy (non-hydrogen) atoms. The van der Waals surface area contributed by atoms with Crippen LogP contribution in [0.15, 0.2) is 0 Å². The van der Waals surface area contributed by atoms with Crippen molar-refractivity contribution < 1.29 is 14.7 Å². The van der Waals surface area contributed by atoms with Crippen LogP contribution < -0.4 is 11.1 Å². The number of nitrogens with one attached hydrogen (secondary N) is 1. The second-order valence-electron chi connectivity index (χ2n) is 2.44. The minimum Gasteiger partial charge on any atom is -0.480 e. The fraction of sp³-hybridized carbons (Fsp3) is 0.500. The van der Waals surface area contributed by atoms with Crippen LogP contribution in [0.2, 0.25) is 0 Å². The minimum absolute atomic E-state index is 0.169. The van der Waals surface area contributed by atoms with E-state index in [-0.39, 0.29) is 24.0 Å². The van der Waals surface area contributed by atoms with E-state index in [1.54, 1.807) is 0 Å². The van der Waals surface area contributed by atoms with E-state index in [1.807, 2.05) is 0 Å². The summed E-state index contributed by atoms with van der Waals surface area (Å²) < 4.78 is 0. The fourth-order valence-corrected chi connectivity index (χ4v) is 1.35. The van der Waals surface area contributed by atoms with E-state index in [1.165, 1.54) is 0 Å². The van der Waals surface area contributed by atoms with Crippen molar-refractivity contribution in [3.8, 4) is 12.3 Å². The lowest BCUT2D eigenvalue weighted by molar-refractivity contribution is -0.137. The lowest BCUT2D eigenvalue weighted by atomic mass is 10.4. The SMILES string of the molecule is C#CCNC(=O)CSC[C@H](N)C(=O)O. The molecule has 78 valence electrons. The van der Waals surface area contributed by atoms with Crippen molar-refractivity contribution in [3.63, 3.8) is 0 Å². The van der Waals surface area contributed by atoms with Gasteiger partial charge in [-0.3, -0.25) is 9.59 Å². The van der Waals surface area contributed by atoms with Crippen molar-refractivity contribution >= 4 is 23.6 Å². The van der Waals surface area contributed by atoms with Crippen molar-refractivity contribution in [2.24, 2.45) is 5.73 Å². The molecule has 1 atom stereocenters. The van der Waals surface area contributed by atoms with Gasteiger partial charge < -0.3 is 16.2 Å². The zero-order valence-electron chi connectivity index (χ0n) is 7.53. The second-order valence-corrected chi connectivity index (χ2v) is 3.47. The van der Waals surface area contributed by atoms with Crippen molar-refractivity contribution in [3.05, 3.63) is 0 Å². The first-order valence-electron chi connectivity index (χ1n) is 3.84. The zero-order chi connectivity index (χ0) is 11.0. The highest BCUT2D eigenvalue weighted by atomic mass is 32.2. The Morgan fingerprint density at radius 3 is 2.79 bits per heavy atom. The van der Waals surface area contributed by atoms with Gasteiger partial charge in [-0.25, -0.2) is 0 Å². The van der Waals surface area contributed by atoms with Gasteiger partial charge in [-0.2, -0.15) is 0 Å². The van der Waals surface area contributed by atoms with Gasteiger partial charge in [-0.1, -0.05) is 5.92 Å². The molecule has 0 aliphatic carbocycles. The summed E-state index contributed by atoms with van der Waals surface area (Å²) in [6.45, 7) is 0.185. The number of thioether (sulfide) groups is 1. The topological polar surface area (TPSA) is 92.4 Å². The zero-order valence-corrected chi connectivity index (χ0v) is 8.34. The van der Waals surface area contributed by atoms with Crippen LogP contribution >= 0.6 is 11.8 Å². The molecule has 4 N–H and O–H groups in total. The van der Waals surface area contributed by atoms with E-state index >= 15 is 0 Å². The van der Waals surface area contributed by atoms with E-state index < -0.39 is 12.0 Å². The van der Waals surface area contributed by atoms with Crippen LogP contribution in [-0.2, 0) is 9.59 Å². The Bertz CT molecular complexity index is 249. The largest absolute Gasteiger partial charge is 0.480 e. The maximum absolute atomic E-state index is 10.9. The third-order valence-electron chi connectivity index (χ3n) is 1.24. The van der Waals surface area contributed by atoms with Gasteiger partial charge >= 0.3 is 5.97 Å². The number of amides is 1. The Balaban J connectivity index is 3.50. The molecule has 1 amide bonds. The highest BCUT2D eigenvalue weighted by Crippen LogP contribution is 2.00. The average molecular weight is 216 g/mol. The molecule has 0 saturated heterocycles. The Hall–Kier alpha value is -1.19. The average Bonchev–Trinajstić information content (AvgIpc) is 2.14. The molecule has 0 aromatic rings. The molecule has 0 radical (unpaired) electrons. The number of carbonyl (C=O) groups is 2. The summed E-state index contributed by atoms with van der Waals surface area (Å²) in [7, 11) is 0. The molecule has 5 nitrogen and oxygen atoms in total. The van der Waals surface area contributed by atoms with Crippen molar-refractivity contribution in [2.45, 2.75) is 6.04 Å². The summed E-state index contributed by atoms with van der Waals surface area (Å²) in [6, 6.07) is -0.930. The van der Waals surface area contributed by atoms with E-state index in [0.29, 0.717) is 0 Å². The molecule has 0 spiro atoms. The molecule has 0 saturated carbocycles. The predicted molar refractivity (Wildman–Crippen MR) is 54.8 cm³/mol. The van der Waals surface area contributed by atoms with Gasteiger partial charge in [0.2, 0.25) is 5.91 Å². The first-order chi connectivity index (χ1) is 6.57. The number of rotatable bonds is 6. The number of carboxylic acids is 1. The molecule has 0 aliphatic heterocycles. The number of terminal acetylenes is 1. The summed E-state index contributed by atoms with van der Waals surface area (Å²) in [4.78, 5) is 21.2. The molecule has 0 aliphatic rings. The Labute approximate surface area is 86.4 Å². The highest BCUT2D eigenvalue weighted by molar-refractivity contribution is 8.00. The van der Waals surface area contributed by atoms with Crippen LogP contribution in [0.5, 0.6) is 0 Å². The van der Waals surface area contributed by atoms with Gasteiger partial charge in [0.15, 0.2) is 0 Å². The van der Waals surface area contributed by atoms with E-state index in [2.05, 4.69) is 11.2 Å². The molecule has 0 bridgehead atoms. The maximum atomic E-state index is 10.9. The molecular formula is C8H12N2O3S. The van der Waals surface area contributed by atoms with Crippen LogP contribution in [0.4, 0.5) is 0 Å². The fourth-order valence-electron chi connectivity index (χ4n) is 0.551. The van der Waals surface area contributed by atoms with Crippen molar-refractivity contribution in [1.82, 2.24) is 5.32 Å². The monoisotopic (exact) mass is 216 g/mol. The second kappa shape index (κ2) is 7.24. The van der Waals surface area contributed by atoms with Crippen molar-refractivity contribution in [1.29, 1.82) is 0 Å². The van der Waals surface area contributed by atoms with Crippen LogP contribution in [-0.4, -0.2) is 41.1 Å². The molecule has 6 heteroatoms. The number of nitrogens with two attached hydrogens (primary N) is 1. The number of aliphatic carboxylic acids is 1. The quantitative estimate of drug-likeness (QED) is 0.489. The standard InChI is InChI=1S/C8H12N2O3S/c1-2-3-10-7(11)5-14-4-6(9)8(12)13/h1,6H,3-5,9H2,(H,10,11)(H,12,13)/t6-/m0/s1. The van der Waals surface area contributed by atoms with Gasteiger partial charge in [-0.05, 0) is 0 Å². The molecule has 0 fully saturated rings. The molecule has 0 aromatic heterocycles. The summed E-state index contributed by atoms with van der Waals surface area (Å²) in [6.07, 6.45) is 4.92. The normalized spacial score (nSPS) is 11.4. The smallest absolute Gasteiger partial charge is 0.321 e. The van der Waals surface area contributed by atoms with Gasteiger partial charge in [-0.15, -0.1) is 18.2 Å². The molecule has 0 unspecified atom stereocenters. The lowest BCUT2D eigenvalue weighted by Gasteiger charge is -2.05. The van der Waals surface area contributed by atoms with E-state index in [4.69, 9.17) is 17.3 Å². The lowest BCUT2D eigenvalue weighted by Crippen LogP contribution is -2.33. The summed E-state index contributed by atoms with van der Waals surface area (Å²) in [5, 5.41) is 10.9. The number of hydrogen-bond acceptors (Lipinski definition) is 4. The Morgan fingerprint density at radius 2 is 2.29 bits per heavy atom. The predicted octanol–water partition coefficient (Wildman–Crippen LogP) is -1.12. The highest BCUT2D eigenvalue weighted by Gasteiger charge is 2.11. The number of hydrogen-bond donors (Lipinski definition) is 3. The summed E-state index contributed by atoms with van der Waals surface area (Å²) in [5.74, 6) is 1.35. The Kier molecular flexibility index (Phi) is 6.62. The van der Waals surface area contributed by atoms with Gasteiger partial charge in [0.1, 0.15) is 6.04 Å². The van der Waals surface area contributed by atoms with Crippen LogP contribution in [0.25, 0.3) is 0 Å². The first-order valence-corrected chi connectivity index (χ1v) is 4.99. The van der Waals surface area contributed by atoms with E-state index in [9.17, 15) is 9.59 Å². The summed E-state index contributed by atoms with van der Waals surface area (Å²) in [5.41, 5.74) is 5.22. The van der Waals surface area contributed by atoms with Crippen LogP contribution in [0, 0.1) is 12.3 Å². The third kappa shape index (κ3) is 6.34. The molecule has 0 aromatic carbocycles. The van der Waals surface area contributed by atoms with Crippen LogP contribution in [0.1, 0.15) is 0 Å². The van der Waals surface area contributed by atoms with Gasteiger partial charge in [0.05, 0.1) is 12.3 Å². The number of carboxylic acid groups (broad SMARTS) is 1. The third-order valence-corrected chi connectivity index (χ3v) is 2.30. The maximum Gasteiger partial charge on any atom is 0.321 e. The van der Waals surface area contributed by atoms with Crippen molar-refractivity contribution in [2.75, 3.05) is 18.1 Å². The first kappa shape index (κ1) is 12.8.